The van der Waals surface area contributed by atoms with Gasteiger partial charge in [0, 0.05) is 33.2 Å². The first-order valence-electron chi connectivity index (χ1n) is 7.69. The zero-order valence-electron chi connectivity index (χ0n) is 13.6. The van der Waals surface area contributed by atoms with Crippen LogP contribution in [0.25, 0.3) is 0 Å². The van der Waals surface area contributed by atoms with Gasteiger partial charge in [0.15, 0.2) is 0 Å². The highest BCUT2D eigenvalue weighted by molar-refractivity contribution is 5.97. The third-order valence-electron chi connectivity index (χ3n) is 4.19. The maximum absolute atomic E-state index is 12.7. The van der Waals surface area contributed by atoms with Crippen LogP contribution >= 0.6 is 0 Å². The van der Waals surface area contributed by atoms with Crippen LogP contribution in [-0.4, -0.2) is 56.6 Å². The number of carbonyl (C=O) groups is 1. The Morgan fingerprint density at radius 1 is 1.38 bits per heavy atom. The number of hydrogen-bond acceptors (Lipinski definition) is 6. The summed E-state index contributed by atoms with van der Waals surface area (Å²) in [5, 5.41) is 15.3. The molecule has 1 amide bonds. The van der Waals surface area contributed by atoms with E-state index in [1.54, 1.807) is 18.2 Å². The normalized spacial score (nSPS) is 15.7. The van der Waals surface area contributed by atoms with Crippen molar-refractivity contribution in [1.29, 1.82) is 0 Å². The summed E-state index contributed by atoms with van der Waals surface area (Å²) in [7, 11) is 1.56. The van der Waals surface area contributed by atoms with E-state index < -0.39 is 4.92 Å². The third-order valence-corrected chi connectivity index (χ3v) is 4.19. The second kappa shape index (κ2) is 6.44. The average Bonchev–Trinajstić information content (AvgIpc) is 3.14. The first-order chi connectivity index (χ1) is 11.5. The van der Waals surface area contributed by atoms with Crippen molar-refractivity contribution in [2.75, 3.05) is 26.2 Å². The lowest BCUT2D eigenvalue weighted by Crippen LogP contribution is -2.48. The van der Waals surface area contributed by atoms with E-state index in [1.807, 2.05) is 12.1 Å². The number of amides is 1. The first kappa shape index (κ1) is 16.2. The van der Waals surface area contributed by atoms with Crippen LogP contribution in [0, 0.1) is 17.0 Å². The Bertz CT molecular complexity index is 744. The topological polar surface area (TPSA) is 97.7 Å². The molecule has 0 aromatic carbocycles. The Hall–Kier alpha value is -2.68. The summed E-state index contributed by atoms with van der Waals surface area (Å²) in [6, 6.07) is 3.76. The van der Waals surface area contributed by atoms with Gasteiger partial charge in [-0.1, -0.05) is 0 Å². The monoisotopic (exact) mass is 333 g/mol. The van der Waals surface area contributed by atoms with Gasteiger partial charge in [-0.3, -0.25) is 24.5 Å². The molecule has 9 nitrogen and oxygen atoms in total. The minimum absolute atomic E-state index is 0.0389. The lowest BCUT2D eigenvalue weighted by molar-refractivity contribution is -0.385. The molecule has 1 saturated heterocycles. The zero-order valence-corrected chi connectivity index (χ0v) is 13.6. The number of aromatic nitrogens is 2. The van der Waals surface area contributed by atoms with Crippen molar-refractivity contribution in [3.63, 3.8) is 0 Å². The van der Waals surface area contributed by atoms with E-state index in [0.717, 1.165) is 5.76 Å². The van der Waals surface area contributed by atoms with Crippen LogP contribution in [0.3, 0.4) is 0 Å². The average molecular weight is 333 g/mol. The van der Waals surface area contributed by atoms with E-state index in [1.165, 1.54) is 11.6 Å². The van der Waals surface area contributed by atoms with Gasteiger partial charge >= 0.3 is 5.69 Å². The van der Waals surface area contributed by atoms with E-state index >= 15 is 0 Å². The number of nitrogens with zero attached hydrogens (tertiary/aromatic N) is 5. The number of aryl methyl sites for hydroxylation is 2. The minimum Gasteiger partial charge on any atom is -0.468 e. The van der Waals surface area contributed by atoms with Crippen LogP contribution in [0.2, 0.25) is 0 Å². The molecule has 0 N–H and O–H groups in total. The van der Waals surface area contributed by atoms with Gasteiger partial charge in [-0.05, 0) is 19.1 Å². The molecule has 3 heterocycles. The Morgan fingerprint density at radius 3 is 2.67 bits per heavy atom. The molecule has 0 radical (unpaired) electrons. The molecule has 1 fully saturated rings. The molecule has 0 saturated carbocycles. The van der Waals surface area contributed by atoms with Gasteiger partial charge in [0.1, 0.15) is 11.5 Å². The lowest BCUT2D eigenvalue weighted by atomic mass is 10.2. The number of hydrogen-bond donors (Lipinski definition) is 0. The number of carbonyl (C=O) groups excluding carboxylic acids is 1. The maximum atomic E-state index is 12.7. The highest BCUT2D eigenvalue weighted by Gasteiger charge is 2.33. The molecule has 2 aromatic rings. The second-order valence-corrected chi connectivity index (χ2v) is 5.81. The van der Waals surface area contributed by atoms with Crippen molar-refractivity contribution < 1.29 is 14.1 Å². The summed E-state index contributed by atoms with van der Waals surface area (Å²) in [5.74, 6) is 0.537. The molecule has 1 aliphatic heterocycles. The molecule has 1 aliphatic rings. The van der Waals surface area contributed by atoms with Crippen LogP contribution in [0.5, 0.6) is 0 Å². The third kappa shape index (κ3) is 3.02. The Labute approximate surface area is 138 Å². The van der Waals surface area contributed by atoms with Crippen LogP contribution in [0.15, 0.2) is 22.8 Å². The smallest absolute Gasteiger partial charge is 0.322 e. The maximum Gasteiger partial charge on any atom is 0.322 e. The van der Waals surface area contributed by atoms with E-state index in [-0.39, 0.29) is 23.0 Å². The number of rotatable bonds is 4. The molecule has 128 valence electrons. The molecule has 2 aromatic heterocycles. The van der Waals surface area contributed by atoms with E-state index in [0.29, 0.717) is 32.7 Å². The zero-order chi connectivity index (χ0) is 17.3. The summed E-state index contributed by atoms with van der Waals surface area (Å²) < 4.78 is 6.63. The van der Waals surface area contributed by atoms with E-state index in [2.05, 4.69) is 10.00 Å². The van der Waals surface area contributed by atoms with Gasteiger partial charge in [-0.2, -0.15) is 5.10 Å². The van der Waals surface area contributed by atoms with Crippen molar-refractivity contribution in [3.8, 4) is 0 Å². The van der Waals surface area contributed by atoms with Crippen LogP contribution in [-0.2, 0) is 13.6 Å². The standard InChI is InChI=1S/C15H19N5O4/c1-11-13(20(22)23)14(17(2)16-11)15(21)19-7-5-18(6-8-19)10-12-4-3-9-24-12/h3-4,9H,5-8,10H2,1-2H3. The summed E-state index contributed by atoms with van der Waals surface area (Å²) in [6.07, 6.45) is 1.64. The van der Waals surface area contributed by atoms with Crippen molar-refractivity contribution >= 4 is 11.6 Å². The SMILES string of the molecule is Cc1nn(C)c(C(=O)N2CCN(Cc3ccco3)CC2)c1[N+](=O)[O-]. The molecule has 0 unspecified atom stereocenters. The highest BCUT2D eigenvalue weighted by Crippen LogP contribution is 2.24. The minimum atomic E-state index is -0.539. The summed E-state index contributed by atoms with van der Waals surface area (Å²) in [6.45, 7) is 4.65. The van der Waals surface area contributed by atoms with E-state index in [9.17, 15) is 14.9 Å². The predicted octanol–water partition coefficient (Wildman–Crippen LogP) is 1.19. The fourth-order valence-electron chi connectivity index (χ4n) is 2.99. The fourth-order valence-corrected chi connectivity index (χ4v) is 2.99. The van der Waals surface area contributed by atoms with Gasteiger partial charge < -0.3 is 9.32 Å². The van der Waals surface area contributed by atoms with Crippen molar-refractivity contribution in [2.45, 2.75) is 13.5 Å². The van der Waals surface area contributed by atoms with Crippen molar-refractivity contribution in [2.24, 2.45) is 7.05 Å². The van der Waals surface area contributed by atoms with E-state index in [4.69, 9.17) is 4.42 Å². The summed E-state index contributed by atoms with van der Waals surface area (Å²) >= 11 is 0. The number of nitro groups is 1. The van der Waals surface area contributed by atoms with Crippen molar-refractivity contribution in [3.05, 3.63) is 45.7 Å². The largest absolute Gasteiger partial charge is 0.468 e. The van der Waals surface area contributed by atoms with Gasteiger partial charge in [0.05, 0.1) is 17.7 Å². The van der Waals surface area contributed by atoms with Crippen LogP contribution in [0.1, 0.15) is 21.9 Å². The van der Waals surface area contributed by atoms with Crippen molar-refractivity contribution in [1.82, 2.24) is 19.6 Å². The molecule has 9 heteroatoms. The Morgan fingerprint density at radius 2 is 2.08 bits per heavy atom. The molecule has 24 heavy (non-hydrogen) atoms. The van der Waals surface area contributed by atoms with Gasteiger partial charge in [0.25, 0.3) is 5.91 Å². The number of furan rings is 1. The van der Waals surface area contributed by atoms with Crippen LogP contribution in [0.4, 0.5) is 5.69 Å². The van der Waals surface area contributed by atoms with Gasteiger partial charge in [0.2, 0.25) is 5.69 Å². The molecule has 3 rings (SSSR count). The molecular formula is C15H19N5O4. The Balaban J connectivity index is 1.68. The van der Waals surface area contributed by atoms with Gasteiger partial charge in [-0.25, -0.2) is 0 Å². The molecule has 0 aliphatic carbocycles. The van der Waals surface area contributed by atoms with Crippen LogP contribution < -0.4 is 0 Å². The first-order valence-corrected chi connectivity index (χ1v) is 7.69. The molecular weight excluding hydrogens is 314 g/mol. The molecule has 0 spiro atoms. The van der Waals surface area contributed by atoms with Gasteiger partial charge in [-0.15, -0.1) is 0 Å². The lowest BCUT2D eigenvalue weighted by Gasteiger charge is -2.34. The quantitative estimate of drug-likeness (QED) is 0.616. The summed E-state index contributed by atoms with van der Waals surface area (Å²) in [4.78, 5) is 27.2. The fraction of sp³-hybridized carbons (Fsp3) is 0.467. The molecule has 0 atom stereocenters. The predicted molar refractivity (Wildman–Crippen MR) is 84.5 cm³/mol. The number of piperazine rings is 1. The Kier molecular flexibility index (Phi) is 4.34. The molecule has 0 bridgehead atoms. The second-order valence-electron chi connectivity index (χ2n) is 5.81. The highest BCUT2D eigenvalue weighted by atomic mass is 16.6. The summed E-state index contributed by atoms with van der Waals surface area (Å²) in [5.41, 5.74) is 0.0832.